The fourth-order valence-electron chi connectivity index (χ4n) is 4.81. The number of carboxylic acids is 1. The molecule has 1 aliphatic heterocycles. The third-order valence-electron chi connectivity index (χ3n) is 6.37. The average Bonchev–Trinajstić information content (AvgIpc) is 3.35. The molecule has 4 aromatic rings. The summed E-state index contributed by atoms with van der Waals surface area (Å²) < 4.78 is 17.1. The Morgan fingerprint density at radius 1 is 1.06 bits per heavy atom. The lowest BCUT2D eigenvalue weighted by atomic mass is 9.96. The molecular weight excluding hydrogens is 463 g/mol. The normalized spacial score (nSPS) is 17.5. The van der Waals surface area contributed by atoms with E-state index in [1.54, 1.807) is 48.7 Å². The van der Waals surface area contributed by atoms with E-state index in [2.05, 4.69) is 20.9 Å². The fourth-order valence-corrected chi connectivity index (χ4v) is 5.15. The molecule has 2 aromatic heterocycles. The van der Waals surface area contributed by atoms with Crippen molar-refractivity contribution < 1.29 is 14.3 Å². The number of anilines is 1. The molecule has 2 N–H and O–H groups in total. The lowest BCUT2D eigenvalue weighted by Crippen LogP contribution is -2.30. The predicted octanol–water partition coefficient (Wildman–Crippen LogP) is 5.50. The highest BCUT2D eigenvalue weighted by atomic mass is 32.1. The number of pyridine rings is 1. The van der Waals surface area contributed by atoms with Crippen LogP contribution in [0.1, 0.15) is 45.1 Å². The van der Waals surface area contributed by atoms with Gasteiger partial charge in [0, 0.05) is 23.3 Å². The van der Waals surface area contributed by atoms with Crippen molar-refractivity contribution in [2.45, 2.75) is 25.9 Å². The number of aromatic nitrogens is 2. The molecule has 2 atom stereocenters. The van der Waals surface area contributed by atoms with Gasteiger partial charge < -0.3 is 19.9 Å². The lowest BCUT2D eigenvalue weighted by Gasteiger charge is -2.28. The van der Waals surface area contributed by atoms with Crippen molar-refractivity contribution >= 4 is 29.0 Å². The minimum absolute atomic E-state index is 0.225. The number of hydrogen-bond donors (Lipinski definition) is 2. The van der Waals surface area contributed by atoms with Crippen molar-refractivity contribution in [1.82, 2.24) is 14.9 Å². The van der Waals surface area contributed by atoms with Crippen LogP contribution in [0.3, 0.4) is 0 Å². The summed E-state index contributed by atoms with van der Waals surface area (Å²) in [6.07, 6.45) is 1.73. The van der Waals surface area contributed by atoms with Crippen molar-refractivity contribution in [1.29, 1.82) is 0 Å². The number of para-hydroxylation sites is 1. The van der Waals surface area contributed by atoms with E-state index in [4.69, 9.17) is 12.2 Å². The Kier molecular flexibility index (Phi) is 5.82. The second-order valence-electron chi connectivity index (χ2n) is 8.46. The third-order valence-corrected chi connectivity index (χ3v) is 6.69. The van der Waals surface area contributed by atoms with E-state index < -0.39 is 5.97 Å². The minimum Gasteiger partial charge on any atom is -0.478 e. The average molecular weight is 487 g/mol. The van der Waals surface area contributed by atoms with Gasteiger partial charge in [0.05, 0.1) is 29.0 Å². The van der Waals surface area contributed by atoms with Gasteiger partial charge in [-0.15, -0.1) is 0 Å². The van der Waals surface area contributed by atoms with Crippen LogP contribution in [0, 0.1) is 19.7 Å². The Labute approximate surface area is 207 Å². The lowest BCUT2D eigenvalue weighted by molar-refractivity contribution is 0.0697. The van der Waals surface area contributed by atoms with Gasteiger partial charge in [0.2, 0.25) is 0 Å². The highest BCUT2D eigenvalue weighted by molar-refractivity contribution is 7.80. The van der Waals surface area contributed by atoms with Gasteiger partial charge >= 0.3 is 5.97 Å². The molecule has 0 spiro atoms. The first-order valence-electron chi connectivity index (χ1n) is 11.1. The highest BCUT2D eigenvalue weighted by Crippen LogP contribution is 2.44. The molecule has 0 saturated carbocycles. The van der Waals surface area contributed by atoms with Crippen molar-refractivity contribution in [3.63, 3.8) is 0 Å². The zero-order valence-electron chi connectivity index (χ0n) is 19.1. The maximum atomic E-state index is 15.0. The van der Waals surface area contributed by atoms with Crippen LogP contribution in [-0.2, 0) is 0 Å². The van der Waals surface area contributed by atoms with Gasteiger partial charge in [-0.25, -0.2) is 9.18 Å². The Bertz CT molecular complexity index is 1420. The number of hydrogen-bond acceptors (Lipinski definition) is 3. The standard InChI is InChI=1S/C27H23FN4O2S/c1-16-15-20(17(2)31(16)19-12-10-18(11-13-19)26(33)34)25-24(22-8-5-6-14-29-22)30-27(35)32(25)23-9-4-3-7-21(23)28/h3-15,24-25H,1-2H3,(H,30,35)(H,33,34). The van der Waals surface area contributed by atoms with Crippen LogP contribution in [0.4, 0.5) is 10.1 Å². The zero-order valence-corrected chi connectivity index (χ0v) is 20.0. The Morgan fingerprint density at radius 2 is 1.77 bits per heavy atom. The number of nitrogens with one attached hydrogen (secondary N) is 1. The van der Waals surface area contributed by atoms with Crippen LogP contribution >= 0.6 is 12.2 Å². The molecule has 0 aliphatic carbocycles. The van der Waals surface area contributed by atoms with E-state index in [0.29, 0.717) is 10.8 Å². The third kappa shape index (κ3) is 3.95. The number of halogens is 1. The molecule has 1 aliphatic rings. The number of aromatic carboxylic acids is 1. The van der Waals surface area contributed by atoms with Gasteiger partial charge in [-0.1, -0.05) is 18.2 Å². The van der Waals surface area contributed by atoms with Crippen LogP contribution in [0.2, 0.25) is 0 Å². The van der Waals surface area contributed by atoms with Crippen molar-refractivity contribution in [2.75, 3.05) is 4.90 Å². The van der Waals surface area contributed by atoms with Crippen molar-refractivity contribution in [3.05, 3.63) is 113 Å². The molecule has 176 valence electrons. The summed E-state index contributed by atoms with van der Waals surface area (Å²) in [5, 5.41) is 13.0. The Hall–Kier alpha value is -4.04. The molecule has 0 radical (unpaired) electrons. The molecule has 1 saturated heterocycles. The van der Waals surface area contributed by atoms with Gasteiger partial charge in [-0.3, -0.25) is 4.98 Å². The summed E-state index contributed by atoms with van der Waals surface area (Å²) in [6.45, 7) is 4.00. The SMILES string of the molecule is Cc1cc(C2C(c3ccccn3)NC(=S)N2c2ccccc2F)c(C)n1-c1ccc(C(=O)O)cc1. The Morgan fingerprint density at radius 3 is 2.43 bits per heavy atom. The van der Waals surface area contributed by atoms with E-state index in [0.717, 1.165) is 28.3 Å². The van der Waals surface area contributed by atoms with Gasteiger partial charge in [-0.2, -0.15) is 0 Å². The highest BCUT2D eigenvalue weighted by Gasteiger charge is 2.43. The monoisotopic (exact) mass is 486 g/mol. The number of aryl methyl sites for hydroxylation is 1. The van der Waals surface area contributed by atoms with E-state index in [1.165, 1.54) is 6.07 Å². The fraction of sp³-hybridized carbons (Fsp3) is 0.148. The van der Waals surface area contributed by atoms with E-state index in [-0.39, 0.29) is 23.5 Å². The first-order chi connectivity index (χ1) is 16.9. The summed E-state index contributed by atoms with van der Waals surface area (Å²) in [7, 11) is 0. The number of thiocarbonyl (C=S) groups is 1. The molecule has 2 unspecified atom stereocenters. The molecular formula is C27H23FN4O2S. The first-order valence-corrected chi connectivity index (χ1v) is 11.6. The second kappa shape index (κ2) is 8.96. The topological polar surface area (TPSA) is 70.4 Å². The van der Waals surface area contributed by atoms with Gasteiger partial charge in [-0.05, 0) is 86.2 Å². The van der Waals surface area contributed by atoms with Crippen LogP contribution in [0.5, 0.6) is 0 Å². The van der Waals surface area contributed by atoms with Crippen molar-refractivity contribution in [3.8, 4) is 5.69 Å². The van der Waals surface area contributed by atoms with E-state index in [9.17, 15) is 14.3 Å². The van der Waals surface area contributed by atoms with Crippen LogP contribution in [-0.4, -0.2) is 25.7 Å². The Balaban J connectivity index is 1.67. The molecule has 0 amide bonds. The summed E-state index contributed by atoms with van der Waals surface area (Å²) in [4.78, 5) is 17.7. The predicted molar refractivity (Wildman–Crippen MR) is 137 cm³/mol. The molecule has 0 bridgehead atoms. The quantitative estimate of drug-likeness (QED) is 0.363. The zero-order chi connectivity index (χ0) is 24.7. The molecule has 5 rings (SSSR count). The molecule has 35 heavy (non-hydrogen) atoms. The van der Waals surface area contributed by atoms with Crippen LogP contribution < -0.4 is 10.2 Å². The van der Waals surface area contributed by atoms with Gasteiger partial charge in [0.1, 0.15) is 5.82 Å². The smallest absolute Gasteiger partial charge is 0.335 e. The number of benzene rings is 2. The van der Waals surface area contributed by atoms with Gasteiger partial charge in [0.25, 0.3) is 0 Å². The van der Waals surface area contributed by atoms with Crippen molar-refractivity contribution in [2.24, 2.45) is 0 Å². The maximum Gasteiger partial charge on any atom is 0.335 e. The summed E-state index contributed by atoms with van der Waals surface area (Å²) in [5.41, 5.74) is 5.14. The minimum atomic E-state index is -0.970. The number of carbonyl (C=O) groups is 1. The summed E-state index contributed by atoms with van der Waals surface area (Å²) >= 11 is 5.71. The van der Waals surface area contributed by atoms with E-state index in [1.807, 2.05) is 36.9 Å². The summed E-state index contributed by atoms with van der Waals surface area (Å²) in [6, 6.07) is 20.5. The van der Waals surface area contributed by atoms with Crippen LogP contribution in [0.25, 0.3) is 5.69 Å². The van der Waals surface area contributed by atoms with E-state index >= 15 is 0 Å². The number of carboxylic acid groups (broad SMARTS) is 1. The molecule has 2 aromatic carbocycles. The molecule has 8 heteroatoms. The summed E-state index contributed by atoms with van der Waals surface area (Å²) in [5.74, 6) is -1.33. The maximum absolute atomic E-state index is 15.0. The molecule has 6 nitrogen and oxygen atoms in total. The second-order valence-corrected chi connectivity index (χ2v) is 8.85. The number of nitrogens with zero attached hydrogens (tertiary/aromatic N) is 3. The van der Waals surface area contributed by atoms with Crippen LogP contribution in [0.15, 0.2) is 79.0 Å². The number of rotatable bonds is 5. The molecule has 3 heterocycles. The molecule has 1 fully saturated rings. The van der Waals surface area contributed by atoms with Gasteiger partial charge in [0.15, 0.2) is 5.11 Å². The first kappa shape index (κ1) is 22.7. The largest absolute Gasteiger partial charge is 0.478 e.